The molecule has 0 aliphatic heterocycles. The summed E-state index contributed by atoms with van der Waals surface area (Å²) in [6, 6.07) is 7.88. The van der Waals surface area contributed by atoms with Gasteiger partial charge < -0.3 is 9.84 Å². The van der Waals surface area contributed by atoms with Gasteiger partial charge in [-0.15, -0.1) is 11.3 Å². The molecule has 1 unspecified atom stereocenters. The fourth-order valence-electron chi connectivity index (χ4n) is 2.08. The summed E-state index contributed by atoms with van der Waals surface area (Å²) in [5, 5.41) is 10.5. The summed E-state index contributed by atoms with van der Waals surface area (Å²) in [4.78, 5) is 0.909. The standard InChI is InChI=1S/C14H15BrO2S/c1-8-6-9(2)13(10(7-8)17-3)14(16)11-4-5-12(15)18-11/h4-7,14,16H,1-3H3. The number of methoxy groups -OCH3 is 1. The fourth-order valence-corrected chi connectivity index (χ4v) is 3.50. The normalized spacial score (nSPS) is 12.5. The van der Waals surface area contributed by atoms with Gasteiger partial charge in [0.2, 0.25) is 0 Å². The zero-order chi connectivity index (χ0) is 13.3. The zero-order valence-electron chi connectivity index (χ0n) is 10.5. The van der Waals surface area contributed by atoms with E-state index in [-0.39, 0.29) is 0 Å². The molecule has 96 valence electrons. The number of halogens is 1. The smallest absolute Gasteiger partial charge is 0.125 e. The molecular formula is C14H15BrO2S. The lowest BCUT2D eigenvalue weighted by atomic mass is 9.99. The first-order valence-electron chi connectivity index (χ1n) is 5.61. The van der Waals surface area contributed by atoms with E-state index in [1.807, 2.05) is 32.0 Å². The predicted octanol–water partition coefficient (Wildman–Crippen LogP) is 4.22. The fraction of sp³-hybridized carbons (Fsp3) is 0.286. The Kier molecular flexibility index (Phi) is 4.10. The minimum absolute atomic E-state index is 0.642. The molecule has 0 bridgehead atoms. The van der Waals surface area contributed by atoms with Crippen molar-refractivity contribution >= 4 is 27.3 Å². The zero-order valence-corrected chi connectivity index (χ0v) is 12.9. The van der Waals surface area contributed by atoms with Gasteiger partial charge in [-0.1, -0.05) is 6.07 Å². The summed E-state index contributed by atoms with van der Waals surface area (Å²) in [6.07, 6.45) is -0.642. The number of aryl methyl sites for hydroxylation is 2. The molecule has 0 aliphatic carbocycles. The Bertz CT molecular complexity index is 563. The van der Waals surface area contributed by atoms with Crippen LogP contribution in [0.5, 0.6) is 5.75 Å². The molecule has 0 fully saturated rings. The van der Waals surface area contributed by atoms with Gasteiger partial charge in [0.05, 0.1) is 10.9 Å². The van der Waals surface area contributed by atoms with Gasteiger partial charge in [0.25, 0.3) is 0 Å². The first-order valence-corrected chi connectivity index (χ1v) is 7.22. The molecule has 4 heteroatoms. The maximum atomic E-state index is 10.5. The lowest BCUT2D eigenvalue weighted by molar-refractivity contribution is 0.217. The minimum Gasteiger partial charge on any atom is -0.496 e. The summed E-state index contributed by atoms with van der Waals surface area (Å²) < 4.78 is 6.40. The second-order valence-corrected chi connectivity index (χ2v) is 6.74. The molecule has 18 heavy (non-hydrogen) atoms. The third kappa shape index (κ3) is 2.60. The van der Waals surface area contributed by atoms with Crippen LogP contribution < -0.4 is 4.74 Å². The molecular weight excluding hydrogens is 312 g/mol. The molecule has 0 spiro atoms. The molecule has 0 radical (unpaired) electrons. The third-order valence-corrected chi connectivity index (χ3v) is 4.53. The van der Waals surface area contributed by atoms with E-state index in [9.17, 15) is 5.11 Å². The summed E-state index contributed by atoms with van der Waals surface area (Å²) in [5.74, 6) is 0.740. The maximum Gasteiger partial charge on any atom is 0.125 e. The third-order valence-electron chi connectivity index (χ3n) is 2.85. The van der Waals surface area contributed by atoms with Crippen LogP contribution in [0.25, 0.3) is 0 Å². The van der Waals surface area contributed by atoms with Gasteiger partial charge in [0.15, 0.2) is 0 Å². The predicted molar refractivity (Wildman–Crippen MR) is 78.5 cm³/mol. The molecule has 2 aromatic rings. The van der Waals surface area contributed by atoms with E-state index in [1.54, 1.807) is 7.11 Å². The van der Waals surface area contributed by atoms with Gasteiger partial charge in [-0.25, -0.2) is 0 Å². The van der Waals surface area contributed by atoms with Crippen LogP contribution in [-0.4, -0.2) is 12.2 Å². The highest BCUT2D eigenvalue weighted by molar-refractivity contribution is 9.11. The van der Waals surface area contributed by atoms with E-state index in [1.165, 1.54) is 11.3 Å². The van der Waals surface area contributed by atoms with E-state index >= 15 is 0 Å². The van der Waals surface area contributed by atoms with Crippen molar-refractivity contribution in [2.75, 3.05) is 7.11 Å². The van der Waals surface area contributed by atoms with Crippen LogP contribution in [0, 0.1) is 13.8 Å². The van der Waals surface area contributed by atoms with Crippen molar-refractivity contribution in [3.05, 3.63) is 49.6 Å². The van der Waals surface area contributed by atoms with Crippen molar-refractivity contribution < 1.29 is 9.84 Å². The Morgan fingerprint density at radius 1 is 1.28 bits per heavy atom. The number of benzene rings is 1. The Hall–Kier alpha value is -0.840. The SMILES string of the molecule is COc1cc(C)cc(C)c1C(O)c1ccc(Br)s1. The van der Waals surface area contributed by atoms with Gasteiger partial charge in [-0.05, 0) is 59.1 Å². The molecule has 0 saturated heterocycles. The van der Waals surface area contributed by atoms with Crippen molar-refractivity contribution in [3.8, 4) is 5.75 Å². The van der Waals surface area contributed by atoms with Gasteiger partial charge in [0, 0.05) is 10.4 Å². The Morgan fingerprint density at radius 3 is 2.56 bits per heavy atom. The van der Waals surface area contributed by atoms with E-state index in [0.717, 1.165) is 31.1 Å². The largest absolute Gasteiger partial charge is 0.496 e. The van der Waals surface area contributed by atoms with Crippen molar-refractivity contribution in [3.63, 3.8) is 0 Å². The number of thiophene rings is 1. The van der Waals surface area contributed by atoms with Gasteiger partial charge in [-0.3, -0.25) is 0 Å². The van der Waals surface area contributed by atoms with Crippen molar-refractivity contribution in [2.45, 2.75) is 20.0 Å². The molecule has 0 aliphatic rings. The van der Waals surface area contributed by atoms with Crippen LogP contribution in [-0.2, 0) is 0 Å². The van der Waals surface area contributed by atoms with Crippen LogP contribution in [0.15, 0.2) is 28.1 Å². The Labute approximate surface area is 119 Å². The van der Waals surface area contributed by atoms with Crippen LogP contribution in [0.3, 0.4) is 0 Å². The topological polar surface area (TPSA) is 29.5 Å². The van der Waals surface area contributed by atoms with Crippen LogP contribution in [0.1, 0.15) is 27.7 Å². The molecule has 0 amide bonds. The van der Waals surface area contributed by atoms with Crippen molar-refractivity contribution in [1.29, 1.82) is 0 Å². The van der Waals surface area contributed by atoms with Crippen LogP contribution in [0.4, 0.5) is 0 Å². The molecule has 2 nitrogen and oxygen atoms in total. The van der Waals surface area contributed by atoms with E-state index in [4.69, 9.17) is 4.74 Å². The average molecular weight is 327 g/mol. The second-order valence-electron chi connectivity index (χ2n) is 4.24. The highest BCUT2D eigenvalue weighted by Crippen LogP contribution is 2.37. The average Bonchev–Trinajstić information content (AvgIpc) is 2.74. The number of rotatable bonds is 3. The number of aliphatic hydroxyl groups excluding tert-OH is 1. The molecule has 1 atom stereocenters. The lowest BCUT2D eigenvalue weighted by Crippen LogP contribution is -2.04. The first kappa shape index (κ1) is 13.6. The van der Waals surface area contributed by atoms with Crippen LogP contribution >= 0.6 is 27.3 Å². The quantitative estimate of drug-likeness (QED) is 0.915. The van der Waals surface area contributed by atoms with Gasteiger partial charge in [0.1, 0.15) is 11.9 Å². The molecule has 1 heterocycles. The van der Waals surface area contributed by atoms with E-state index in [2.05, 4.69) is 22.0 Å². The number of aliphatic hydroxyl groups is 1. The Morgan fingerprint density at radius 2 is 2.00 bits per heavy atom. The maximum absolute atomic E-state index is 10.5. The summed E-state index contributed by atoms with van der Waals surface area (Å²) in [5.41, 5.74) is 3.02. The number of hydrogen-bond acceptors (Lipinski definition) is 3. The molecule has 1 N–H and O–H groups in total. The summed E-state index contributed by atoms with van der Waals surface area (Å²) in [7, 11) is 1.63. The lowest BCUT2D eigenvalue weighted by Gasteiger charge is -2.17. The van der Waals surface area contributed by atoms with Gasteiger partial charge >= 0.3 is 0 Å². The molecule has 2 rings (SSSR count). The molecule has 0 saturated carbocycles. The van der Waals surface area contributed by atoms with Crippen molar-refractivity contribution in [1.82, 2.24) is 0 Å². The monoisotopic (exact) mass is 326 g/mol. The highest BCUT2D eigenvalue weighted by Gasteiger charge is 2.19. The van der Waals surface area contributed by atoms with Crippen molar-refractivity contribution in [2.24, 2.45) is 0 Å². The summed E-state index contributed by atoms with van der Waals surface area (Å²) >= 11 is 4.95. The minimum atomic E-state index is -0.642. The summed E-state index contributed by atoms with van der Waals surface area (Å²) in [6.45, 7) is 4.02. The Balaban J connectivity index is 2.50. The highest BCUT2D eigenvalue weighted by atomic mass is 79.9. The second kappa shape index (κ2) is 5.43. The van der Waals surface area contributed by atoms with E-state index < -0.39 is 6.10 Å². The first-order chi connectivity index (χ1) is 8.52. The molecule has 1 aromatic heterocycles. The van der Waals surface area contributed by atoms with Gasteiger partial charge in [-0.2, -0.15) is 0 Å². The number of ether oxygens (including phenoxy) is 1. The van der Waals surface area contributed by atoms with Crippen LogP contribution in [0.2, 0.25) is 0 Å². The number of hydrogen-bond donors (Lipinski definition) is 1. The molecule has 1 aromatic carbocycles. The van der Waals surface area contributed by atoms with E-state index in [0.29, 0.717) is 0 Å².